The molecule has 0 bridgehead atoms. The molecule has 0 saturated carbocycles. The van der Waals surface area contributed by atoms with Crippen LogP contribution in [0.1, 0.15) is 13.3 Å². The van der Waals surface area contributed by atoms with E-state index in [0.29, 0.717) is 11.5 Å². The maximum absolute atomic E-state index is 12.2. The molecule has 0 N–H and O–H groups in total. The van der Waals surface area contributed by atoms with Crippen LogP contribution >= 0.6 is 0 Å². The maximum Gasteiger partial charge on any atom is 0.183 e. The highest BCUT2D eigenvalue weighted by atomic mass is 32.2. The first-order valence-electron chi connectivity index (χ1n) is 6.62. The first-order chi connectivity index (χ1) is 8.71. The number of benzene rings is 1. The lowest BCUT2D eigenvalue weighted by molar-refractivity contribution is 0.284. The Hall–Kier alpha value is -0.653. The van der Waals surface area contributed by atoms with E-state index in [-0.39, 0.29) is 11.7 Å². The first-order valence-corrected chi connectivity index (χ1v) is 11.7. The predicted octanol–water partition coefficient (Wildman–Crippen LogP) is 3.34. The van der Waals surface area contributed by atoms with Gasteiger partial charge >= 0.3 is 0 Å². The van der Waals surface area contributed by atoms with Crippen molar-refractivity contribution in [3.63, 3.8) is 0 Å². The molecule has 0 heterocycles. The minimum Gasteiger partial charge on any atom is -0.418 e. The van der Waals surface area contributed by atoms with Gasteiger partial charge in [-0.05, 0) is 44.1 Å². The molecule has 19 heavy (non-hydrogen) atoms. The quantitative estimate of drug-likeness (QED) is 0.725. The fraction of sp³-hybridized carbons (Fsp3) is 0.571. The molecule has 0 aliphatic carbocycles. The lowest BCUT2D eigenvalue weighted by atomic mass is 10.1. The predicted molar refractivity (Wildman–Crippen MR) is 81.6 cm³/mol. The molecule has 0 saturated heterocycles. The second-order valence-electron chi connectivity index (χ2n) is 5.95. The van der Waals surface area contributed by atoms with Crippen LogP contribution in [0.3, 0.4) is 0 Å². The Morgan fingerprint density at radius 3 is 2.26 bits per heavy atom. The zero-order valence-corrected chi connectivity index (χ0v) is 14.0. The van der Waals surface area contributed by atoms with Gasteiger partial charge in [0.05, 0.1) is 10.6 Å². The minimum atomic E-state index is -3.17. The second kappa shape index (κ2) is 6.68. The standard InChI is InChI=1S/C14H24O3SSi/c1-13(10-11-17-19(2,3)4)12-18(15,16)14-8-6-5-7-9-14/h5-9,13H,10-12H2,1-4H3. The van der Waals surface area contributed by atoms with Crippen molar-refractivity contribution in [3.05, 3.63) is 30.3 Å². The Morgan fingerprint density at radius 1 is 1.16 bits per heavy atom. The Labute approximate surface area is 118 Å². The van der Waals surface area contributed by atoms with Gasteiger partial charge in [-0.25, -0.2) is 8.42 Å². The third kappa shape index (κ3) is 6.36. The number of hydrogen-bond donors (Lipinski definition) is 0. The van der Waals surface area contributed by atoms with Crippen LogP contribution in [0.25, 0.3) is 0 Å². The van der Waals surface area contributed by atoms with Crippen molar-refractivity contribution in [3.8, 4) is 0 Å². The van der Waals surface area contributed by atoms with Crippen LogP contribution in [0.5, 0.6) is 0 Å². The van der Waals surface area contributed by atoms with Gasteiger partial charge in [0.25, 0.3) is 0 Å². The van der Waals surface area contributed by atoms with E-state index in [2.05, 4.69) is 19.6 Å². The SMILES string of the molecule is CC(CCO[Si](C)(C)C)CS(=O)(=O)c1ccccc1. The smallest absolute Gasteiger partial charge is 0.183 e. The fourth-order valence-corrected chi connectivity index (χ4v) is 4.16. The van der Waals surface area contributed by atoms with Crippen LogP contribution < -0.4 is 0 Å². The van der Waals surface area contributed by atoms with Gasteiger partial charge in [0, 0.05) is 6.61 Å². The molecular weight excluding hydrogens is 276 g/mol. The van der Waals surface area contributed by atoms with Crippen molar-refractivity contribution in [1.82, 2.24) is 0 Å². The van der Waals surface area contributed by atoms with Crippen molar-refractivity contribution in [2.75, 3.05) is 12.4 Å². The second-order valence-corrected chi connectivity index (χ2v) is 12.5. The van der Waals surface area contributed by atoms with Crippen molar-refractivity contribution in [2.45, 2.75) is 37.9 Å². The molecule has 0 fully saturated rings. The molecule has 1 atom stereocenters. The summed E-state index contributed by atoms with van der Waals surface area (Å²) in [5.41, 5.74) is 0. The molecule has 0 aromatic heterocycles. The molecular formula is C14H24O3SSi. The van der Waals surface area contributed by atoms with Gasteiger partial charge in [0.1, 0.15) is 0 Å². The third-order valence-corrected chi connectivity index (χ3v) is 5.82. The average molecular weight is 300 g/mol. The number of sulfone groups is 1. The molecule has 0 radical (unpaired) electrons. The summed E-state index contributed by atoms with van der Waals surface area (Å²) in [6.45, 7) is 9.03. The van der Waals surface area contributed by atoms with Crippen molar-refractivity contribution in [2.24, 2.45) is 5.92 Å². The molecule has 1 unspecified atom stereocenters. The molecule has 108 valence electrons. The van der Waals surface area contributed by atoms with Gasteiger partial charge in [-0.3, -0.25) is 0 Å². The van der Waals surface area contributed by atoms with Crippen molar-refractivity contribution in [1.29, 1.82) is 0 Å². The van der Waals surface area contributed by atoms with Crippen LogP contribution in [0, 0.1) is 5.92 Å². The highest BCUT2D eigenvalue weighted by Gasteiger charge is 2.19. The largest absolute Gasteiger partial charge is 0.418 e. The maximum atomic E-state index is 12.2. The molecule has 1 aromatic rings. The fourth-order valence-electron chi connectivity index (χ4n) is 1.75. The van der Waals surface area contributed by atoms with Crippen LogP contribution in [-0.2, 0) is 14.3 Å². The first kappa shape index (κ1) is 16.4. The van der Waals surface area contributed by atoms with E-state index in [1.807, 2.05) is 13.0 Å². The summed E-state index contributed by atoms with van der Waals surface area (Å²) in [5.74, 6) is 0.299. The lowest BCUT2D eigenvalue weighted by Crippen LogP contribution is -2.27. The van der Waals surface area contributed by atoms with Crippen LogP contribution in [0.15, 0.2) is 35.2 Å². The van der Waals surface area contributed by atoms with Crippen LogP contribution in [-0.4, -0.2) is 29.1 Å². The molecule has 0 amide bonds. The average Bonchev–Trinajstić information content (AvgIpc) is 2.27. The third-order valence-electron chi connectivity index (χ3n) is 2.75. The molecule has 5 heteroatoms. The molecule has 1 rings (SSSR count). The molecule has 3 nitrogen and oxygen atoms in total. The number of hydrogen-bond acceptors (Lipinski definition) is 3. The normalized spacial score (nSPS) is 14.3. The lowest BCUT2D eigenvalue weighted by Gasteiger charge is -2.19. The van der Waals surface area contributed by atoms with Crippen LogP contribution in [0.4, 0.5) is 0 Å². The van der Waals surface area contributed by atoms with Gasteiger partial charge in [-0.15, -0.1) is 0 Å². The Kier molecular flexibility index (Phi) is 5.76. The Morgan fingerprint density at radius 2 is 1.74 bits per heavy atom. The molecule has 0 aliphatic heterocycles. The van der Waals surface area contributed by atoms with E-state index in [9.17, 15) is 8.42 Å². The number of rotatable bonds is 7. The van der Waals surface area contributed by atoms with E-state index in [0.717, 1.165) is 6.42 Å². The summed E-state index contributed by atoms with van der Waals surface area (Å²) >= 11 is 0. The summed E-state index contributed by atoms with van der Waals surface area (Å²) in [6.07, 6.45) is 0.788. The van der Waals surface area contributed by atoms with Crippen LogP contribution in [0.2, 0.25) is 19.6 Å². The highest BCUT2D eigenvalue weighted by Crippen LogP contribution is 2.16. The van der Waals surface area contributed by atoms with Gasteiger partial charge in [-0.2, -0.15) is 0 Å². The molecule has 1 aromatic carbocycles. The minimum absolute atomic E-state index is 0.113. The topological polar surface area (TPSA) is 43.4 Å². The zero-order chi connectivity index (χ0) is 14.5. The Balaban J connectivity index is 2.50. The van der Waals surface area contributed by atoms with E-state index in [4.69, 9.17) is 4.43 Å². The van der Waals surface area contributed by atoms with Crippen molar-refractivity contribution < 1.29 is 12.8 Å². The van der Waals surface area contributed by atoms with Gasteiger partial charge in [-0.1, -0.05) is 25.1 Å². The zero-order valence-electron chi connectivity index (χ0n) is 12.2. The summed E-state index contributed by atoms with van der Waals surface area (Å²) in [7, 11) is -4.67. The summed E-state index contributed by atoms with van der Waals surface area (Å²) < 4.78 is 30.1. The van der Waals surface area contributed by atoms with E-state index < -0.39 is 18.2 Å². The van der Waals surface area contributed by atoms with Crippen molar-refractivity contribution >= 4 is 18.2 Å². The molecule has 0 aliphatic rings. The Bertz CT molecular complexity index is 477. The highest BCUT2D eigenvalue weighted by molar-refractivity contribution is 7.91. The van der Waals surface area contributed by atoms with E-state index >= 15 is 0 Å². The van der Waals surface area contributed by atoms with Gasteiger partial charge in [0.2, 0.25) is 0 Å². The molecule has 0 spiro atoms. The van der Waals surface area contributed by atoms with Gasteiger partial charge in [0.15, 0.2) is 18.2 Å². The van der Waals surface area contributed by atoms with E-state index in [1.54, 1.807) is 24.3 Å². The summed E-state index contributed by atoms with van der Waals surface area (Å²) in [5, 5.41) is 0. The van der Waals surface area contributed by atoms with E-state index in [1.165, 1.54) is 0 Å². The monoisotopic (exact) mass is 300 g/mol. The summed E-state index contributed by atoms with van der Waals surface area (Å²) in [4.78, 5) is 0.410. The van der Waals surface area contributed by atoms with Gasteiger partial charge < -0.3 is 4.43 Å². The summed E-state index contributed by atoms with van der Waals surface area (Å²) in [6, 6.07) is 8.64.